The SMILES string of the molecule is Cn1nc(C(C)(C)C)cc1NC(=O)CSc1nnc(NCc2ccco2)s1. The Morgan fingerprint density at radius 3 is 2.85 bits per heavy atom. The van der Waals surface area contributed by atoms with Gasteiger partial charge in [0.05, 0.1) is 24.3 Å². The van der Waals surface area contributed by atoms with E-state index in [0.717, 1.165) is 15.8 Å². The van der Waals surface area contributed by atoms with E-state index in [9.17, 15) is 4.79 Å². The minimum Gasteiger partial charge on any atom is -0.467 e. The minimum atomic E-state index is -0.108. The summed E-state index contributed by atoms with van der Waals surface area (Å²) in [4.78, 5) is 12.2. The maximum atomic E-state index is 12.2. The molecule has 0 saturated heterocycles. The molecule has 10 heteroatoms. The summed E-state index contributed by atoms with van der Waals surface area (Å²) >= 11 is 2.75. The Kier molecular flexibility index (Phi) is 5.85. The lowest BCUT2D eigenvalue weighted by atomic mass is 9.92. The van der Waals surface area contributed by atoms with Crippen LogP contribution in [0.5, 0.6) is 0 Å². The van der Waals surface area contributed by atoms with E-state index in [-0.39, 0.29) is 17.1 Å². The molecule has 0 fully saturated rings. The number of rotatable bonds is 7. The predicted octanol–water partition coefficient (Wildman–Crippen LogP) is 3.51. The molecule has 0 aliphatic carbocycles. The number of furan rings is 1. The summed E-state index contributed by atoms with van der Waals surface area (Å²) in [7, 11) is 1.82. The molecule has 0 spiro atoms. The largest absolute Gasteiger partial charge is 0.467 e. The number of carbonyl (C=O) groups is 1. The number of nitrogens with one attached hydrogen (secondary N) is 2. The van der Waals surface area contributed by atoms with Crippen LogP contribution in [0, 0.1) is 0 Å². The molecule has 2 N–H and O–H groups in total. The van der Waals surface area contributed by atoms with Crippen LogP contribution in [0.15, 0.2) is 33.2 Å². The highest BCUT2D eigenvalue weighted by atomic mass is 32.2. The fourth-order valence-electron chi connectivity index (χ4n) is 2.17. The summed E-state index contributed by atoms with van der Waals surface area (Å²) in [5, 5.41) is 19.3. The molecule has 3 heterocycles. The number of nitrogens with zero attached hydrogens (tertiary/aromatic N) is 4. The first-order valence-corrected chi connectivity index (χ1v) is 10.2. The lowest BCUT2D eigenvalue weighted by Crippen LogP contribution is -2.16. The molecule has 0 unspecified atom stereocenters. The Hall–Kier alpha value is -2.33. The third-order valence-electron chi connectivity index (χ3n) is 3.64. The van der Waals surface area contributed by atoms with Crippen LogP contribution in [-0.4, -0.2) is 31.6 Å². The highest BCUT2D eigenvalue weighted by Crippen LogP contribution is 2.27. The van der Waals surface area contributed by atoms with Crippen LogP contribution in [0.4, 0.5) is 10.9 Å². The zero-order chi connectivity index (χ0) is 19.4. The van der Waals surface area contributed by atoms with Crippen LogP contribution in [0.1, 0.15) is 32.2 Å². The molecule has 3 aromatic heterocycles. The van der Waals surface area contributed by atoms with Gasteiger partial charge in [-0.25, -0.2) is 0 Å². The monoisotopic (exact) mass is 406 g/mol. The Morgan fingerprint density at radius 2 is 2.19 bits per heavy atom. The van der Waals surface area contributed by atoms with Crippen molar-refractivity contribution in [3.05, 3.63) is 35.9 Å². The fourth-order valence-corrected chi connectivity index (χ4v) is 3.72. The number of carbonyl (C=O) groups excluding carboxylic acids is 1. The number of aromatic nitrogens is 4. The van der Waals surface area contributed by atoms with Gasteiger partial charge in [-0.05, 0) is 12.1 Å². The zero-order valence-electron chi connectivity index (χ0n) is 15.6. The van der Waals surface area contributed by atoms with Gasteiger partial charge in [0.1, 0.15) is 11.6 Å². The van der Waals surface area contributed by atoms with E-state index in [1.165, 1.54) is 23.1 Å². The standard InChI is InChI=1S/C17H22N6O2S2/c1-17(2,3)12-8-13(23(4)22-12)19-14(24)10-26-16-21-20-15(27-16)18-9-11-6-5-7-25-11/h5-8H,9-10H2,1-4H3,(H,18,20)(H,19,24). The van der Waals surface area contributed by atoms with Gasteiger partial charge in [-0.2, -0.15) is 5.10 Å². The van der Waals surface area contributed by atoms with Crippen molar-refractivity contribution in [2.75, 3.05) is 16.4 Å². The molecule has 8 nitrogen and oxygen atoms in total. The van der Waals surface area contributed by atoms with E-state index in [1.807, 2.05) is 25.2 Å². The van der Waals surface area contributed by atoms with Crippen molar-refractivity contribution >= 4 is 40.0 Å². The molecule has 3 aromatic rings. The Labute approximate surface area is 165 Å². The first kappa shape index (κ1) is 19.4. The molecular weight excluding hydrogens is 384 g/mol. The van der Waals surface area contributed by atoms with Crippen molar-refractivity contribution < 1.29 is 9.21 Å². The molecule has 0 bridgehead atoms. The molecule has 1 amide bonds. The zero-order valence-corrected chi connectivity index (χ0v) is 17.3. The molecule has 0 aliphatic rings. The van der Waals surface area contributed by atoms with Gasteiger partial charge in [0.2, 0.25) is 11.0 Å². The highest BCUT2D eigenvalue weighted by molar-refractivity contribution is 8.01. The first-order valence-electron chi connectivity index (χ1n) is 8.38. The molecule has 144 valence electrons. The quantitative estimate of drug-likeness (QED) is 0.579. The number of aryl methyl sites for hydroxylation is 1. The third-order valence-corrected chi connectivity index (χ3v) is 5.66. The normalized spacial score (nSPS) is 11.6. The van der Waals surface area contributed by atoms with Crippen LogP contribution in [0.3, 0.4) is 0 Å². The van der Waals surface area contributed by atoms with Gasteiger partial charge in [-0.15, -0.1) is 10.2 Å². The van der Waals surface area contributed by atoms with Gasteiger partial charge in [0, 0.05) is 18.5 Å². The van der Waals surface area contributed by atoms with Crippen molar-refractivity contribution in [1.29, 1.82) is 0 Å². The number of thioether (sulfide) groups is 1. The first-order chi connectivity index (χ1) is 12.8. The molecule has 0 atom stereocenters. The average molecular weight is 407 g/mol. The van der Waals surface area contributed by atoms with Crippen LogP contribution in [-0.2, 0) is 23.8 Å². The Balaban J connectivity index is 1.49. The summed E-state index contributed by atoms with van der Waals surface area (Å²) in [5.41, 5.74) is 0.866. The van der Waals surface area contributed by atoms with Crippen LogP contribution in [0.25, 0.3) is 0 Å². The van der Waals surface area contributed by atoms with Crippen molar-refractivity contribution in [2.24, 2.45) is 7.05 Å². The second-order valence-corrected chi connectivity index (χ2v) is 9.13. The van der Waals surface area contributed by atoms with E-state index in [2.05, 4.69) is 46.7 Å². The smallest absolute Gasteiger partial charge is 0.235 e. The van der Waals surface area contributed by atoms with Crippen molar-refractivity contribution in [3.8, 4) is 0 Å². The van der Waals surface area contributed by atoms with E-state index in [1.54, 1.807) is 10.9 Å². The van der Waals surface area contributed by atoms with Gasteiger partial charge in [-0.3, -0.25) is 9.48 Å². The molecule has 0 aromatic carbocycles. The van der Waals surface area contributed by atoms with Gasteiger partial charge < -0.3 is 15.1 Å². The van der Waals surface area contributed by atoms with Gasteiger partial charge in [0.15, 0.2) is 4.34 Å². The van der Waals surface area contributed by atoms with Crippen molar-refractivity contribution in [3.63, 3.8) is 0 Å². The van der Waals surface area contributed by atoms with Gasteiger partial charge in [0.25, 0.3) is 0 Å². The van der Waals surface area contributed by atoms with E-state index in [0.29, 0.717) is 17.5 Å². The topological polar surface area (TPSA) is 97.9 Å². The molecule has 3 rings (SSSR count). The average Bonchev–Trinajstić information content (AvgIpc) is 3.32. The van der Waals surface area contributed by atoms with Crippen molar-refractivity contribution in [2.45, 2.75) is 37.1 Å². The molecule has 27 heavy (non-hydrogen) atoms. The lowest BCUT2D eigenvalue weighted by molar-refractivity contribution is -0.113. The van der Waals surface area contributed by atoms with E-state index >= 15 is 0 Å². The summed E-state index contributed by atoms with van der Waals surface area (Å²) in [6.45, 7) is 6.81. The number of hydrogen-bond donors (Lipinski definition) is 2. The van der Waals surface area contributed by atoms with Crippen LogP contribution < -0.4 is 10.6 Å². The summed E-state index contributed by atoms with van der Waals surface area (Å²) in [5.74, 6) is 1.65. The maximum Gasteiger partial charge on any atom is 0.235 e. The van der Waals surface area contributed by atoms with E-state index < -0.39 is 0 Å². The second-order valence-electron chi connectivity index (χ2n) is 6.93. The second kappa shape index (κ2) is 8.13. The van der Waals surface area contributed by atoms with Crippen molar-refractivity contribution in [1.82, 2.24) is 20.0 Å². The fraction of sp³-hybridized carbons (Fsp3) is 0.412. The number of anilines is 2. The van der Waals surface area contributed by atoms with Gasteiger partial charge in [-0.1, -0.05) is 43.9 Å². The Morgan fingerprint density at radius 1 is 1.37 bits per heavy atom. The Bertz CT molecular complexity index is 895. The summed E-state index contributed by atoms with van der Waals surface area (Å²) < 4.78 is 7.67. The minimum absolute atomic E-state index is 0.0684. The summed E-state index contributed by atoms with van der Waals surface area (Å²) in [6.07, 6.45) is 1.63. The van der Waals surface area contributed by atoms with Gasteiger partial charge >= 0.3 is 0 Å². The molecular formula is C17H22N6O2S2. The molecule has 0 saturated carbocycles. The third kappa shape index (κ3) is 5.33. The maximum absolute atomic E-state index is 12.2. The predicted molar refractivity (Wildman–Crippen MR) is 107 cm³/mol. The summed E-state index contributed by atoms with van der Waals surface area (Å²) in [6, 6.07) is 5.63. The molecule has 0 radical (unpaired) electrons. The number of amides is 1. The number of hydrogen-bond acceptors (Lipinski definition) is 8. The lowest BCUT2D eigenvalue weighted by Gasteiger charge is -2.13. The highest BCUT2D eigenvalue weighted by Gasteiger charge is 2.19. The van der Waals surface area contributed by atoms with Crippen LogP contribution in [0.2, 0.25) is 0 Å². The van der Waals surface area contributed by atoms with E-state index in [4.69, 9.17) is 4.42 Å². The van der Waals surface area contributed by atoms with Crippen LogP contribution >= 0.6 is 23.1 Å². The molecule has 0 aliphatic heterocycles.